The average molecular weight is 247 g/mol. The van der Waals surface area contributed by atoms with Crippen molar-refractivity contribution in [1.82, 2.24) is 5.43 Å². The summed E-state index contributed by atoms with van der Waals surface area (Å²) in [7, 11) is 1.66. The highest BCUT2D eigenvalue weighted by molar-refractivity contribution is 5.98. The van der Waals surface area contributed by atoms with Gasteiger partial charge in [0.25, 0.3) is 0 Å². The van der Waals surface area contributed by atoms with E-state index in [9.17, 15) is 0 Å². The van der Waals surface area contributed by atoms with Gasteiger partial charge >= 0.3 is 0 Å². The molecule has 4 heteroatoms. The predicted octanol–water partition coefficient (Wildman–Crippen LogP) is 2.24. The van der Waals surface area contributed by atoms with Gasteiger partial charge in [-0.1, -0.05) is 19.3 Å². The van der Waals surface area contributed by atoms with Crippen LogP contribution in [0.2, 0.25) is 0 Å². The second-order valence-electron chi connectivity index (χ2n) is 4.64. The van der Waals surface area contributed by atoms with Gasteiger partial charge in [-0.05, 0) is 37.1 Å². The summed E-state index contributed by atoms with van der Waals surface area (Å²) in [6.45, 7) is 0. The summed E-state index contributed by atoms with van der Waals surface area (Å²) in [6.07, 6.45) is 6.21. The number of benzene rings is 1. The molecule has 1 aromatic rings. The summed E-state index contributed by atoms with van der Waals surface area (Å²) in [6, 6.07) is 8.19. The maximum atomic E-state index is 5.58. The maximum Gasteiger partial charge on any atom is 0.142 e. The summed E-state index contributed by atoms with van der Waals surface area (Å²) in [4.78, 5) is 4.72. The van der Waals surface area contributed by atoms with E-state index in [1.165, 1.54) is 32.1 Å². The Bertz CT molecular complexity index is 394. The number of nitrogens with one attached hydrogen (secondary N) is 1. The quantitative estimate of drug-likeness (QED) is 0.373. The molecule has 0 aliphatic heterocycles. The van der Waals surface area contributed by atoms with E-state index in [0.29, 0.717) is 6.04 Å². The standard InChI is InChI=1S/C14H21N3O/c1-18-13-9-7-11(8-10-13)14(17-15)16-12-5-3-2-4-6-12/h7-10,12H,2-6,15H2,1H3,(H,16,17). The average Bonchev–Trinajstić information content (AvgIpc) is 2.46. The van der Waals surface area contributed by atoms with Crippen molar-refractivity contribution in [3.8, 4) is 5.75 Å². The van der Waals surface area contributed by atoms with Crippen molar-refractivity contribution in [1.29, 1.82) is 0 Å². The number of hydrogen-bond acceptors (Lipinski definition) is 3. The molecule has 1 aromatic carbocycles. The van der Waals surface area contributed by atoms with Crippen LogP contribution in [0.1, 0.15) is 37.7 Å². The van der Waals surface area contributed by atoms with Crippen LogP contribution in [0.15, 0.2) is 29.3 Å². The van der Waals surface area contributed by atoms with Gasteiger partial charge in [-0.2, -0.15) is 0 Å². The third-order valence-corrected chi connectivity index (χ3v) is 3.39. The minimum absolute atomic E-state index is 0.409. The first-order valence-electron chi connectivity index (χ1n) is 6.52. The van der Waals surface area contributed by atoms with E-state index in [0.717, 1.165) is 17.1 Å². The molecule has 0 unspecified atom stereocenters. The monoisotopic (exact) mass is 247 g/mol. The van der Waals surface area contributed by atoms with Crippen LogP contribution < -0.4 is 16.0 Å². The molecular weight excluding hydrogens is 226 g/mol. The van der Waals surface area contributed by atoms with Crippen LogP contribution >= 0.6 is 0 Å². The zero-order chi connectivity index (χ0) is 12.8. The van der Waals surface area contributed by atoms with E-state index in [1.54, 1.807) is 7.11 Å². The van der Waals surface area contributed by atoms with E-state index >= 15 is 0 Å². The van der Waals surface area contributed by atoms with Gasteiger partial charge in [-0.3, -0.25) is 4.99 Å². The van der Waals surface area contributed by atoms with E-state index in [1.807, 2.05) is 24.3 Å². The number of methoxy groups -OCH3 is 1. The van der Waals surface area contributed by atoms with Crippen LogP contribution in [0.5, 0.6) is 5.75 Å². The smallest absolute Gasteiger partial charge is 0.142 e. The van der Waals surface area contributed by atoms with Crippen molar-refractivity contribution in [3.63, 3.8) is 0 Å². The van der Waals surface area contributed by atoms with E-state index < -0.39 is 0 Å². The number of nitrogens with two attached hydrogens (primary N) is 1. The van der Waals surface area contributed by atoms with Crippen LogP contribution in [-0.2, 0) is 0 Å². The molecule has 4 nitrogen and oxygen atoms in total. The maximum absolute atomic E-state index is 5.58. The number of rotatable bonds is 3. The molecule has 0 amide bonds. The minimum Gasteiger partial charge on any atom is -0.497 e. The van der Waals surface area contributed by atoms with Gasteiger partial charge in [0.2, 0.25) is 0 Å². The minimum atomic E-state index is 0.409. The Balaban J connectivity index is 2.12. The van der Waals surface area contributed by atoms with E-state index in [2.05, 4.69) is 5.43 Å². The van der Waals surface area contributed by atoms with Crippen LogP contribution in [0, 0.1) is 0 Å². The molecule has 1 saturated carbocycles. The molecule has 0 bridgehead atoms. The first-order chi connectivity index (χ1) is 8.83. The van der Waals surface area contributed by atoms with Crippen molar-refractivity contribution >= 4 is 5.84 Å². The molecule has 18 heavy (non-hydrogen) atoms. The number of amidine groups is 1. The molecule has 0 radical (unpaired) electrons. The summed E-state index contributed by atoms with van der Waals surface area (Å²) in [5.74, 6) is 7.19. The second kappa shape index (κ2) is 6.40. The van der Waals surface area contributed by atoms with Crippen LogP contribution in [0.3, 0.4) is 0 Å². The third kappa shape index (κ3) is 3.23. The molecule has 0 saturated heterocycles. The fraction of sp³-hybridized carbons (Fsp3) is 0.500. The first kappa shape index (κ1) is 12.9. The number of hydrazine groups is 1. The molecule has 0 atom stereocenters. The molecule has 0 spiro atoms. The third-order valence-electron chi connectivity index (χ3n) is 3.39. The predicted molar refractivity (Wildman–Crippen MR) is 73.7 cm³/mol. The highest BCUT2D eigenvalue weighted by Gasteiger charge is 2.13. The lowest BCUT2D eigenvalue weighted by molar-refractivity contribution is 0.415. The Kier molecular flexibility index (Phi) is 4.59. The van der Waals surface area contributed by atoms with Gasteiger partial charge in [0.05, 0.1) is 13.2 Å². The van der Waals surface area contributed by atoms with Gasteiger partial charge in [0.15, 0.2) is 0 Å². The van der Waals surface area contributed by atoms with Crippen molar-refractivity contribution < 1.29 is 4.74 Å². The number of hydrogen-bond donors (Lipinski definition) is 2. The topological polar surface area (TPSA) is 59.6 Å². The molecule has 2 rings (SSSR count). The lowest BCUT2D eigenvalue weighted by Gasteiger charge is -2.19. The lowest BCUT2D eigenvalue weighted by atomic mass is 9.96. The van der Waals surface area contributed by atoms with Crippen molar-refractivity contribution in [3.05, 3.63) is 29.8 Å². The normalized spacial score (nSPS) is 17.6. The van der Waals surface area contributed by atoms with Crippen molar-refractivity contribution in [2.45, 2.75) is 38.1 Å². The van der Waals surface area contributed by atoms with Crippen LogP contribution in [-0.4, -0.2) is 19.0 Å². The van der Waals surface area contributed by atoms with Gasteiger partial charge in [0, 0.05) is 5.56 Å². The Morgan fingerprint density at radius 1 is 1.22 bits per heavy atom. The first-order valence-corrected chi connectivity index (χ1v) is 6.52. The molecule has 0 heterocycles. The Hall–Kier alpha value is -1.55. The molecule has 1 fully saturated rings. The highest BCUT2D eigenvalue weighted by Crippen LogP contribution is 2.21. The second-order valence-corrected chi connectivity index (χ2v) is 4.64. The lowest BCUT2D eigenvalue weighted by Crippen LogP contribution is -2.32. The number of ether oxygens (including phenoxy) is 1. The number of aliphatic imine (C=N–C) groups is 1. The molecule has 1 aliphatic carbocycles. The summed E-state index contributed by atoms with van der Waals surface area (Å²) < 4.78 is 5.14. The van der Waals surface area contributed by atoms with E-state index in [-0.39, 0.29) is 0 Å². The Morgan fingerprint density at radius 3 is 2.44 bits per heavy atom. The SMILES string of the molecule is COc1ccc(C(=NC2CCCCC2)NN)cc1. The van der Waals surface area contributed by atoms with Crippen LogP contribution in [0.25, 0.3) is 0 Å². The number of nitrogens with zero attached hydrogens (tertiary/aromatic N) is 1. The molecule has 98 valence electrons. The van der Waals surface area contributed by atoms with Gasteiger partial charge in [-0.25, -0.2) is 5.84 Å². The Morgan fingerprint density at radius 2 is 1.89 bits per heavy atom. The van der Waals surface area contributed by atoms with Gasteiger partial charge < -0.3 is 10.2 Å². The van der Waals surface area contributed by atoms with E-state index in [4.69, 9.17) is 15.6 Å². The molecule has 1 aliphatic rings. The fourth-order valence-corrected chi connectivity index (χ4v) is 2.34. The van der Waals surface area contributed by atoms with Gasteiger partial charge in [0.1, 0.15) is 11.6 Å². The highest BCUT2D eigenvalue weighted by atomic mass is 16.5. The Labute approximate surface area is 108 Å². The zero-order valence-electron chi connectivity index (χ0n) is 10.9. The van der Waals surface area contributed by atoms with Gasteiger partial charge in [-0.15, -0.1) is 0 Å². The fourth-order valence-electron chi connectivity index (χ4n) is 2.34. The van der Waals surface area contributed by atoms with Crippen molar-refractivity contribution in [2.75, 3.05) is 7.11 Å². The van der Waals surface area contributed by atoms with Crippen LogP contribution in [0.4, 0.5) is 0 Å². The molecule has 3 N–H and O–H groups in total. The zero-order valence-corrected chi connectivity index (χ0v) is 10.9. The largest absolute Gasteiger partial charge is 0.497 e. The molecule has 0 aromatic heterocycles. The summed E-state index contributed by atoms with van der Waals surface area (Å²) >= 11 is 0. The molecular formula is C14H21N3O. The van der Waals surface area contributed by atoms with Crippen molar-refractivity contribution in [2.24, 2.45) is 10.8 Å². The summed E-state index contributed by atoms with van der Waals surface area (Å²) in [5.41, 5.74) is 3.72. The summed E-state index contributed by atoms with van der Waals surface area (Å²) in [5, 5.41) is 0.